The highest BCUT2D eigenvalue weighted by Gasteiger charge is 2.12. The molecule has 7 heteroatoms. The first kappa shape index (κ1) is 15.6. The molecule has 0 fully saturated rings. The van der Waals surface area contributed by atoms with Crippen LogP contribution in [0.3, 0.4) is 0 Å². The molecule has 0 radical (unpaired) electrons. The third kappa shape index (κ3) is 3.64. The highest BCUT2D eigenvalue weighted by molar-refractivity contribution is 6.42. The van der Waals surface area contributed by atoms with E-state index in [1.54, 1.807) is 18.2 Å². The van der Waals surface area contributed by atoms with Crippen molar-refractivity contribution < 1.29 is 14.8 Å². The van der Waals surface area contributed by atoms with E-state index in [2.05, 4.69) is 0 Å². The normalized spacial score (nSPS) is 10.4. The van der Waals surface area contributed by atoms with Crippen LogP contribution in [0.25, 0.3) is 0 Å². The van der Waals surface area contributed by atoms with Gasteiger partial charge in [-0.15, -0.1) is 0 Å². The Labute approximate surface area is 130 Å². The van der Waals surface area contributed by atoms with E-state index in [9.17, 15) is 15.2 Å². The number of aliphatic hydroxyl groups excluding tert-OH is 1. The quantitative estimate of drug-likeness (QED) is 0.666. The van der Waals surface area contributed by atoms with Crippen molar-refractivity contribution in [1.29, 1.82) is 0 Å². The summed E-state index contributed by atoms with van der Waals surface area (Å²) in [6.45, 7) is -0.218. The van der Waals surface area contributed by atoms with E-state index in [1.165, 1.54) is 18.2 Å². The van der Waals surface area contributed by atoms with Crippen LogP contribution < -0.4 is 4.74 Å². The SMILES string of the molecule is O=[N+]([O-])c1ccc(OCc2cccc(Cl)c2Cl)c(CO)c1. The van der Waals surface area contributed by atoms with Crippen molar-refractivity contribution in [3.63, 3.8) is 0 Å². The number of halogens is 2. The molecule has 0 saturated heterocycles. The van der Waals surface area contributed by atoms with Crippen LogP contribution in [-0.4, -0.2) is 10.0 Å². The Hall–Kier alpha value is -1.82. The molecule has 0 atom stereocenters. The van der Waals surface area contributed by atoms with Crippen molar-refractivity contribution in [2.24, 2.45) is 0 Å². The number of rotatable bonds is 5. The lowest BCUT2D eigenvalue weighted by molar-refractivity contribution is -0.385. The van der Waals surface area contributed by atoms with E-state index >= 15 is 0 Å². The molecule has 0 spiro atoms. The van der Waals surface area contributed by atoms with Gasteiger partial charge < -0.3 is 9.84 Å². The van der Waals surface area contributed by atoms with Crippen molar-refractivity contribution in [1.82, 2.24) is 0 Å². The summed E-state index contributed by atoms with van der Waals surface area (Å²) in [5.74, 6) is 0.360. The van der Waals surface area contributed by atoms with Gasteiger partial charge in [-0.1, -0.05) is 35.3 Å². The van der Waals surface area contributed by atoms with Crippen LogP contribution >= 0.6 is 23.2 Å². The first-order chi connectivity index (χ1) is 10.0. The third-order valence-corrected chi connectivity index (χ3v) is 3.70. The minimum atomic E-state index is -0.531. The molecule has 0 amide bonds. The second-order valence-electron chi connectivity index (χ2n) is 4.21. The number of ether oxygens (including phenoxy) is 1. The molecular weight excluding hydrogens is 317 g/mol. The average molecular weight is 328 g/mol. The monoisotopic (exact) mass is 327 g/mol. The molecule has 0 bridgehead atoms. The number of non-ortho nitro benzene ring substituents is 1. The van der Waals surface area contributed by atoms with Gasteiger partial charge in [-0.2, -0.15) is 0 Å². The number of nitro groups is 1. The maximum Gasteiger partial charge on any atom is 0.270 e. The molecule has 0 heterocycles. The molecule has 0 aliphatic heterocycles. The molecule has 1 N–H and O–H groups in total. The van der Waals surface area contributed by atoms with Crippen LogP contribution in [0.2, 0.25) is 10.0 Å². The van der Waals surface area contributed by atoms with Gasteiger partial charge in [0.25, 0.3) is 5.69 Å². The summed E-state index contributed by atoms with van der Waals surface area (Å²) in [4.78, 5) is 10.2. The van der Waals surface area contributed by atoms with Gasteiger partial charge in [-0.3, -0.25) is 10.1 Å². The molecule has 2 aromatic carbocycles. The Balaban J connectivity index is 2.20. The lowest BCUT2D eigenvalue weighted by Crippen LogP contribution is -2.00. The van der Waals surface area contributed by atoms with Gasteiger partial charge in [0.1, 0.15) is 12.4 Å². The van der Waals surface area contributed by atoms with Gasteiger partial charge >= 0.3 is 0 Å². The highest BCUT2D eigenvalue weighted by atomic mass is 35.5. The minimum Gasteiger partial charge on any atom is -0.488 e. The van der Waals surface area contributed by atoms with Gasteiger partial charge in [0, 0.05) is 23.3 Å². The fourth-order valence-corrected chi connectivity index (χ4v) is 2.13. The van der Waals surface area contributed by atoms with Crippen LogP contribution in [-0.2, 0) is 13.2 Å². The summed E-state index contributed by atoms with van der Waals surface area (Å²) in [7, 11) is 0. The Morgan fingerprint density at radius 2 is 1.95 bits per heavy atom. The third-order valence-electron chi connectivity index (χ3n) is 2.84. The van der Waals surface area contributed by atoms with Crippen LogP contribution in [0.15, 0.2) is 36.4 Å². The van der Waals surface area contributed by atoms with Crippen molar-refractivity contribution >= 4 is 28.9 Å². The van der Waals surface area contributed by atoms with Gasteiger partial charge in [0.05, 0.1) is 21.6 Å². The average Bonchev–Trinajstić information content (AvgIpc) is 2.48. The van der Waals surface area contributed by atoms with Crippen molar-refractivity contribution in [3.8, 4) is 5.75 Å². The highest BCUT2D eigenvalue weighted by Crippen LogP contribution is 2.28. The molecule has 21 heavy (non-hydrogen) atoms. The maximum absolute atomic E-state index is 10.7. The summed E-state index contributed by atoms with van der Waals surface area (Å²) in [6, 6.07) is 9.21. The molecule has 0 unspecified atom stereocenters. The van der Waals surface area contributed by atoms with Crippen LogP contribution in [0, 0.1) is 10.1 Å². The summed E-state index contributed by atoms with van der Waals surface area (Å²) in [5.41, 5.74) is 0.918. The Morgan fingerprint density at radius 3 is 2.62 bits per heavy atom. The zero-order valence-corrected chi connectivity index (χ0v) is 12.3. The predicted molar refractivity (Wildman–Crippen MR) is 79.8 cm³/mol. The second kappa shape index (κ2) is 6.76. The first-order valence-electron chi connectivity index (χ1n) is 5.96. The van der Waals surface area contributed by atoms with E-state index in [0.717, 1.165) is 0 Å². The van der Waals surface area contributed by atoms with Crippen molar-refractivity contribution in [3.05, 3.63) is 67.7 Å². The van der Waals surface area contributed by atoms with Gasteiger partial charge in [-0.05, 0) is 12.1 Å². The Kier molecular flexibility index (Phi) is 5.01. The Bertz CT molecular complexity index is 676. The van der Waals surface area contributed by atoms with E-state index < -0.39 is 4.92 Å². The number of nitrogens with zero attached hydrogens (tertiary/aromatic N) is 1. The van der Waals surface area contributed by atoms with Gasteiger partial charge in [-0.25, -0.2) is 0 Å². The van der Waals surface area contributed by atoms with Gasteiger partial charge in [0.15, 0.2) is 0 Å². The maximum atomic E-state index is 10.7. The molecule has 2 aromatic rings. The second-order valence-corrected chi connectivity index (χ2v) is 4.99. The number of hydrogen-bond donors (Lipinski definition) is 1. The number of nitro benzene ring substituents is 1. The van der Waals surface area contributed by atoms with Gasteiger partial charge in [0.2, 0.25) is 0 Å². The topological polar surface area (TPSA) is 72.6 Å². The number of aliphatic hydroxyl groups is 1. The van der Waals surface area contributed by atoms with E-state index in [0.29, 0.717) is 26.9 Å². The van der Waals surface area contributed by atoms with E-state index in [1.807, 2.05) is 0 Å². The Morgan fingerprint density at radius 1 is 1.19 bits per heavy atom. The summed E-state index contributed by atoms with van der Waals surface area (Å²) >= 11 is 12.0. The molecule has 2 rings (SSSR count). The summed E-state index contributed by atoms with van der Waals surface area (Å²) < 4.78 is 5.56. The molecule has 0 aliphatic carbocycles. The molecule has 110 valence electrons. The number of hydrogen-bond acceptors (Lipinski definition) is 4. The molecular formula is C14H11Cl2NO4. The van der Waals surface area contributed by atoms with E-state index in [4.69, 9.17) is 27.9 Å². The molecule has 0 aliphatic rings. The minimum absolute atomic E-state index is 0.104. The predicted octanol–water partition coefficient (Wildman–Crippen LogP) is 3.97. The summed E-state index contributed by atoms with van der Waals surface area (Å²) in [5, 5.41) is 20.8. The lowest BCUT2D eigenvalue weighted by Gasteiger charge is -2.11. The van der Waals surface area contributed by atoms with Crippen molar-refractivity contribution in [2.45, 2.75) is 13.2 Å². The smallest absolute Gasteiger partial charge is 0.270 e. The standard InChI is InChI=1S/C14H11Cl2NO4/c15-12-3-1-2-9(14(12)16)8-21-13-5-4-11(17(19)20)6-10(13)7-18/h1-6,18H,7-8H2. The fraction of sp³-hybridized carbons (Fsp3) is 0.143. The zero-order chi connectivity index (χ0) is 15.4. The largest absolute Gasteiger partial charge is 0.488 e. The fourth-order valence-electron chi connectivity index (χ4n) is 1.76. The van der Waals surface area contributed by atoms with Crippen LogP contribution in [0.1, 0.15) is 11.1 Å². The summed E-state index contributed by atoms with van der Waals surface area (Å²) in [6.07, 6.45) is 0. The van der Waals surface area contributed by atoms with Crippen molar-refractivity contribution in [2.75, 3.05) is 0 Å². The van der Waals surface area contributed by atoms with Crippen LogP contribution in [0.4, 0.5) is 5.69 Å². The number of benzene rings is 2. The van der Waals surface area contributed by atoms with Crippen LogP contribution in [0.5, 0.6) is 5.75 Å². The zero-order valence-electron chi connectivity index (χ0n) is 10.8. The molecule has 0 saturated carbocycles. The molecule has 5 nitrogen and oxygen atoms in total. The first-order valence-corrected chi connectivity index (χ1v) is 6.72. The van der Waals surface area contributed by atoms with E-state index in [-0.39, 0.29) is 18.9 Å². The molecule has 0 aromatic heterocycles. The lowest BCUT2D eigenvalue weighted by atomic mass is 10.2.